The molecule has 5 nitrogen and oxygen atoms in total. The van der Waals surface area contributed by atoms with Gasteiger partial charge in [0.1, 0.15) is 6.61 Å². The fourth-order valence-electron chi connectivity index (χ4n) is 9.31. The van der Waals surface area contributed by atoms with Crippen LogP contribution in [0.1, 0.15) is 296 Å². The van der Waals surface area contributed by atoms with E-state index >= 15 is 0 Å². The van der Waals surface area contributed by atoms with E-state index in [9.17, 15) is 14.7 Å². The number of esters is 2. The number of aliphatic hydroxyl groups excluding tert-OH is 1. The highest BCUT2D eigenvalue weighted by Gasteiger charge is 2.16. The smallest absolute Gasteiger partial charge is 0.306 e. The van der Waals surface area contributed by atoms with Crippen LogP contribution in [0.2, 0.25) is 0 Å². The maximum absolute atomic E-state index is 12.3. The SMILES string of the molecule is CC/C=C\C/C=C\C/C=C\C/C=C\C/C=C\C/C=C\C/C=C\C/C=C\CCCCC(=O)OC(CO)COC(=O)CCCCCCCCCCCCCCCCCCCCCCCCCCC/C=C\C/C=C\C/C=C\C/C=C\C/C=C\CC. The molecule has 0 saturated carbocycles. The summed E-state index contributed by atoms with van der Waals surface area (Å²) >= 11 is 0. The monoisotopic (exact) mass is 1130 g/mol. The Morgan fingerprint density at radius 1 is 0.280 bits per heavy atom. The maximum Gasteiger partial charge on any atom is 0.306 e. The third kappa shape index (κ3) is 68.0. The minimum Gasteiger partial charge on any atom is -0.462 e. The Hall–Kier alpha value is -4.48. The summed E-state index contributed by atoms with van der Waals surface area (Å²) in [6.07, 6.45) is 108. The number of ether oxygens (including phenoxy) is 2. The maximum atomic E-state index is 12.3. The van der Waals surface area contributed by atoms with Gasteiger partial charge in [0.2, 0.25) is 0 Å². The quantitative estimate of drug-likeness (QED) is 0.0373. The summed E-state index contributed by atoms with van der Waals surface area (Å²) in [5, 5.41) is 9.68. The Morgan fingerprint density at radius 2 is 0.488 bits per heavy atom. The summed E-state index contributed by atoms with van der Waals surface area (Å²) in [6.45, 7) is 3.89. The number of hydrogen-bond donors (Lipinski definition) is 1. The molecule has 0 radical (unpaired) electrons. The van der Waals surface area contributed by atoms with Gasteiger partial charge in [-0.3, -0.25) is 9.59 Å². The summed E-state index contributed by atoms with van der Waals surface area (Å²) < 4.78 is 10.7. The fraction of sp³-hybridized carbons (Fsp3) is 0.636. The van der Waals surface area contributed by atoms with Crippen LogP contribution in [0.4, 0.5) is 0 Å². The first-order valence-corrected chi connectivity index (χ1v) is 34.0. The van der Waals surface area contributed by atoms with E-state index < -0.39 is 6.10 Å². The lowest BCUT2D eigenvalue weighted by molar-refractivity contribution is -0.161. The molecule has 5 heteroatoms. The van der Waals surface area contributed by atoms with E-state index in [4.69, 9.17) is 9.47 Å². The summed E-state index contributed by atoms with van der Waals surface area (Å²) in [4.78, 5) is 24.6. The topological polar surface area (TPSA) is 72.8 Å². The molecule has 1 atom stereocenters. The van der Waals surface area contributed by atoms with Crippen LogP contribution in [0.15, 0.2) is 158 Å². The van der Waals surface area contributed by atoms with Gasteiger partial charge in [-0.15, -0.1) is 0 Å². The molecule has 0 fully saturated rings. The highest BCUT2D eigenvalue weighted by atomic mass is 16.6. The first-order valence-electron chi connectivity index (χ1n) is 34.0. The van der Waals surface area contributed by atoms with E-state index in [0.29, 0.717) is 12.8 Å². The Bertz CT molecular complexity index is 1760. The Kier molecular flexibility index (Phi) is 66.9. The molecule has 0 aromatic heterocycles. The predicted molar refractivity (Wildman–Crippen MR) is 361 cm³/mol. The summed E-state index contributed by atoms with van der Waals surface area (Å²) in [5.41, 5.74) is 0. The van der Waals surface area contributed by atoms with Crippen LogP contribution < -0.4 is 0 Å². The minimum atomic E-state index is -0.806. The number of allylic oxidation sites excluding steroid dienone is 26. The largest absolute Gasteiger partial charge is 0.462 e. The molecule has 82 heavy (non-hydrogen) atoms. The van der Waals surface area contributed by atoms with Crippen LogP contribution in [0, 0.1) is 0 Å². The molecule has 0 aromatic carbocycles. The second kappa shape index (κ2) is 70.8. The van der Waals surface area contributed by atoms with E-state index in [0.717, 1.165) is 122 Å². The summed E-state index contributed by atoms with van der Waals surface area (Å²) in [5.74, 6) is -0.641. The van der Waals surface area contributed by atoms with Gasteiger partial charge < -0.3 is 14.6 Å². The molecule has 464 valence electrons. The standard InChI is InChI=1S/C77H126O5/c1-3-5-7-9-11-13-15-17-19-21-23-25-27-29-31-32-33-34-35-36-37-38-39-40-41-42-43-44-46-47-49-51-53-55-57-59-61-63-65-67-69-71-76(79)81-74-75(73-78)82-77(80)72-70-68-66-64-62-60-58-56-54-52-50-48-45-30-28-26-24-22-20-18-16-14-12-10-8-6-4-2/h5-8,11-14,17-20,23-26,29-31,45,50,52,56,58,62,64,75,78H,3-4,9-10,15-16,21-22,27-28,32-44,46-49,51,53-55,57,59-61,63,65-74H2,1-2H3/b7-5-,8-6-,13-11-,14-12-,19-17-,20-18-,25-23-,26-24-,31-29-,45-30-,52-50-,58-56-,64-62-. The van der Waals surface area contributed by atoms with Gasteiger partial charge in [0.05, 0.1) is 6.61 Å². The van der Waals surface area contributed by atoms with Crippen LogP contribution in [-0.2, 0) is 19.1 Å². The first-order chi connectivity index (χ1) is 40.6. The van der Waals surface area contributed by atoms with Crippen molar-refractivity contribution in [1.82, 2.24) is 0 Å². The molecule has 0 aliphatic carbocycles. The lowest BCUT2D eigenvalue weighted by Crippen LogP contribution is -2.28. The third-order valence-electron chi connectivity index (χ3n) is 14.3. The second-order valence-corrected chi connectivity index (χ2v) is 22.1. The number of aliphatic hydroxyl groups is 1. The molecule has 0 heterocycles. The number of hydrogen-bond acceptors (Lipinski definition) is 5. The van der Waals surface area contributed by atoms with Gasteiger partial charge in [-0.1, -0.05) is 320 Å². The molecular weight excluding hydrogens is 1000 g/mol. The highest BCUT2D eigenvalue weighted by Crippen LogP contribution is 2.17. The number of rotatable bonds is 61. The van der Waals surface area contributed by atoms with E-state index in [1.54, 1.807) is 0 Å². The van der Waals surface area contributed by atoms with Crippen molar-refractivity contribution in [3.8, 4) is 0 Å². The second-order valence-electron chi connectivity index (χ2n) is 22.1. The third-order valence-corrected chi connectivity index (χ3v) is 14.3. The van der Waals surface area contributed by atoms with Gasteiger partial charge >= 0.3 is 11.9 Å². The number of carbonyl (C=O) groups is 2. The predicted octanol–water partition coefficient (Wildman–Crippen LogP) is 23.9. The average Bonchev–Trinajstić information content (AvgIpc) is 3.49. The van der Waals surface area contributed by atoms with Crippen molar-refractivity contribution in [3.63, 3.8) is 0 Å². The van der Waals surface area contributed by atoms with Gasteiger partial charge in [-0.25, -0.2) is 0 Å². The molecular formula is C77H126O5. The van der Waals surface area contributed by atoms with E-state index in [1.165, 1.54) is 148 Å². The van der Waals surface area contributed by atoms with Crippen LogP contribution in [0.25, 0.3) is 0 Å². The Morgan fingerprint density at radius 3 is 0.756 bits per heavy atom. The van der Waals surface area contributed by atoms with Gasteiger partial charge in [-0.2, -0.15) is 0 Å². The Labute approximate surface area is 507 Å². The number of unbranched alkanes of at least 4 members (excludes halogenated alkanes) is 27. The van der Waals surface area contributed by atoms with E-state index in [-0.39, 0.29) is 25.2 Å². The van der Waals surface area contributed by atoms with Crippen molar-refractivity contribution >= 4 is 11.9 Å². The van der Waals surface area contributed by atoms with E-state index in [1.807, 2.05) is 0 Å². The van der Waals surface area contributed by atoms with Crippen molar-refractivity contribution in [2.75, 3.05) is 13.2 Å². The zero-order chi connectivity index (χ0) is 59.1. The number of carbonyl (C=O) groups excluding carboxylic acids is 2. The zero-order valence-electron chi connectivity index (χ0n) is 53.2. The molecule has 0 saturated heterocycles. The minimum absolute atomic E-state index is 0.0898. The molecule has 0 amide bonds. The summed E-state index contributed by atoms with van der Waals surface area (Å²) in [6, 6.07) is 0. The van der Waals surface area contributed by atoms with Crippen LogP contribution in [0.5, 0.6) is 0 Å². The van der Waals surface area contributed by atoms with Crippen LogP contribution in [0.3, 0.4) is 0 Å². The average molecular weight is 1130 g/mol. The van der Waals surface area contributed by atoms with Gasteiger partial charge in [0.25, 0.3) is 0 Å². The fourth-order valence-corrected chi connectivity index (χ4v) is 9.31. The van der Waals surface area contributed by atoms with Crippen LogP contribution >= 0.6 is 0 Å². The first kappa shape index (κ1) is 77.5. The van der Waals surface area contributed by atoms with Gasteiger partial charge in [-0.05, 0) is 122 Å². The van der Waals surface area contributed by atoms with Crippen molar-refractivity contribution in [3.05, 3.63) is 158 Å². The normalized spacial score (nSPS) is 13.3. The van der Waals surface area contributed by atoms with Gasteiger partial charge in [0.15, 0.2) is 6.10 Å². The lowest BCUT2D eigenvalue weighted by atomic mass is 10.0. The molecule has 0 aliphatic rings. The van der Waals surface area contributed by atoms with Crippen molar-refractivity contribution in [2.24, 2.45) is 0 Å². The molecule has 0 aromatic rings. The van der Waals surface area contributed by atoms with Crippen molar-refractivity contribution < 1.29 is 24.2 Å². The lowest BCUT2D eigenvalue weighted by Gasteiger charge is -2.15. The van der Waals surface area contributed by atoms with Crippen LogP contribution in [-0.4, -0.2) is 36.4 Å². The molecule has 0 spiro atoms. The molecule has 1 N–H and O–H groups in total. The molecule has 0 bridgehead atoms. The molecule has 1 unspecified atom stereocenters. The highest BCUT2D eigenvalue weighted by molar-refractivity contribution is 5.70. The van der Waals surface area contributed by atoms with Crippen molar-refractivity contribution in [1.29, 1.82) is 0 Å². The Balaban J connectivity index is 3.51. The molecule has 0 rings (SSSR count). The zero-order valence-corrected chi connectivity index (χ0v) is 53.2. The van der Waals surface area contributed by atoms with E-state index in [2.05, 4.69) is 172 Å². The van der Waals surface area contributed by atoms with Gasteiger partial charge in [0, 0.05) is 12.8 Å². The summed E-state index contributed by atoms with van der Waals surface area (Å²) in [7, 11) is 0. The molecule has 0 aliphatic heterocycles. The van der Waals surface area contributed by atoms with Crippen molar-refractivity contribution in [2.45, 2.75) is 302 Å².